The topological polar surface area (TPSA) is 24.9 Å². The lowest BCUT2D eigenvalue weighted by molar-refractivity contribution is 1.08. The van der Waals surface area contributed by atoms with Crippen molar-refractivity contribution in [1.82, 2.24) is 4.98 Å². The molecule has 2 nitrogen and oxygen atoms in total. The Kier molecular flexibility index (Phi) is 3.53. The first-order chi connectivity index (χ1) is 8.15. The minimum absolute atomic E-state index is 0.724. The van der Waals surface area contributed by atoms with E-state index in [2.05, 4.69) is 43.2 Å². The van der Waals surface area contributed by atoms with Crippen molar-refractivity contribution in [2.45, 2.75) is 27.2 Å². The first-order valence-electron chi connectivity index (χ1n) is 5.99. The van der Waals surface area contributed by atoms with Crippen molar-refractivity contribution in [3.05, 3.63) is 34.3 Å². The van der Waals surface area contributed by atoms with Crippen LogP contribution >= 0.6 is 11.6 Å². The predicted octanol–water partition coefficient (Wildman–Crippen LogP) is 4.19. The quantitative estimate of drug-likeness (QED) is 0.881. The Morgan fingerprint density at radius 3 is 2.65 bits per heavy atom. The predicted molar refractivity (Wildman–Crippen MR) is 75.0 cm³/mol. The molecule has 0 spiro atoms. The lowest BCUT2D eigenvalue weighted by Gasteiger charge is -2.11. The van der Waals surface area contributed by atoms with Crippen LogP contribution in [0.25, 0.3) is 10.9 Å². The third-order valence-corrected chi connectivity index (χ3v) is 3.11. The SMILES string of the molecule is CCNc1nc2c(Cl)cc(C)cc2cc1CC. The smallest absolute Gasteiger partial charge is 0.129 e. The van der Waals surface area contributed by atoms with E-state index < -0.39 is 0 Å². The summed E-state index contributed by atoms with van der Waals surface area (Å²) in [6.07, 6.45) is 0.969. The fourth-order valence-corrected chi connectivity index (χ4v) is 2.34. The van der Waals surface area contributed by atoms with Crippen LogP contribution in [0.15, 0.2) is 18.2 Å². The molecule has 90 valence electrons. The second-order valence-electron chi connectivity index (χ2n) is 4.20. The highest BCUT2D eigenvalue weighted by Gasteiger charge is 2.08. The van der Waals surface area contributed by atoms with Gasteiger partial charge < -0.3 is 5.32 Å². The standard InChI is InChI=1S/C14H17ClN2/c1-4-10-8-11-6-9(3)7-12(15)13(11)17-14(10)16-5-2/h6-8H,4-5H2,1-3H3,(H,16,17). The summed E-state index contributed by atoms with van der Waals surface area (Å²) in [5.41, 5.74) is 3.29. The zero-order valence-corrected chi connectivity index (χ0v) is 11.2. The number of fused-ring (bicyclic) bond motifs is 1. The zero-order valence-electron chi connectivity index (χ0n) is 10.5. The molecule has 0 saturated carbocycles. The number of nitrogens with zero attached hydrogens (tertiary/aromatic N) is 1. The molecule has 2 rings (SSSR count). The number of pyridine rings is 1. The van der Waals surface area contributed by atoms with Gasteiger partial charge in [0, 0.05) is 11.9 Å². The molecule has 0 fully saturated rings. The number of halogens is 1. The van der Waals surface area contributed by atoms with E-state index in [4.69, 9.17) is 11.6 Å². The molecule has 0 unspecified atom stereocenters. The van der Waals surface area contributed by atoms with Crippen molar-refractivity contribution in [1.29, 1.82) is 0 Å². The summed E-state index contributed by atoms with van der Waals surface area (Å²) in [7, 11) is 0. The van der Waals surface area contributed by atoms with Crippen LogP contribution in [0, 0.1) is 6.92 Å². The van der Waals surface area contributed by atoms with Crippen molar-refractivity contribution < 1.29 is 0 Å². The van der Waals surface area contributed by atoms with Crippen molar-refractivity contribution in [2.75, 3.05) is 11.9 Å². The monoisotopic (exact) mass is 248 g/mol. The summed E-state index contributed by atoms with van der Waals surface area (Å²) in [4.78, 5) is 4.63. The first kappa shape index (κ1) is 12.2. The summed E-state index contributed by atoms with van der Waals surface area (Å²) < 4.78 is 0. The fourth-order valence-electron chi connectivity index (χ4n) is 2.02. The van der Waals surface area contributed by atoms with Gasteiger partial charge in [-0.25, -0.2) is 4.98 Å². The Hall–Kier alpha value is -1.28. The van der Waals surface area contributed by atoms with E-state index in [1.165, 1.54) is 11.1 Å². The molecule has 17 heavy (non-hydrogen) atoms. The highest BCUT2D eigenvalue weighted by molar-refractivity contribution is 6.35. The molecular formula is C14H17ClN2. The Morgan fingerprint density at radius 1 is 1.24 bits per heavy atom. The molecule has 3 heteroatoms. The average Bonchev–Trinajstić information content (AvgIpc) is 2.29. The number of aromatic nitrogens is 1. The van der Waals surface area contributed by atoms with Crippen LogP contribution in [0.1, 0.15) is 25.0 Å². The van der Waals surface area contributed by atoms with Crippen LogP contribution in [0.2, 0.25) is 5.02 Å². The van der Waals surface area contributed by atoms with Crippen LogP contribution in [0.4, 0.5) is 5.82 Å². The molecule has 1 N–H and O–H groups in total. The molecule has 0 radical (unpaired) electrons. The maximum atomic E-state index is 6.24. The Balaban J connectivity index is 2.69. The number of anilines is 1. The third-order valence-electron chi connectivity index (χ3n) is 2.82. The second-order valence-corrected chi connectivity index (χ2v) is 4.61. The maximum Gasteiger partial charge on any atom is 0.129 e. The van der Waals surface area contributed by atoms with E-state index in [1.807, 2.05) is 6.07 Å². The van der Waals surface area contributed by atoms with Gasteiger partial charge in [-0.15, -0.1) is 0 Å². The van der Waals surface area contributed by atoms with Crippen molar-refractivity contribution in [3.63, 3.8) is 0 Å². The van der Waals surface area contributed by atoms with Gasteiger partial charge in [-0.2, -0.15) is 0 Å². The van der Waals surface area contributed by atoms with E-state index in [0.29, 0.717) is 0 Å². The molecule has 0 saturated heterocycles. The van der Waals surface area contributed by atoms with Gasteiger partial charge in [0.25, 0.3) is 0 Å². The Labute approximate surface area is 107 Å². The van der Waals surface area contributed by atoms with Crippen molar-refractivity contribution in [2.24, 2.45) is 0 Å². The van der Waals surface area contributed by atoms with Crippen LogP contribution in [0.3, 0.4) is 0 Å². The summed E-state index contributed by atoms with van der Waals surface area (Å²) in [5.74, 6) is 0.952. The molecule has 0 atom stereocenters. The molecule has 0 aliphatic rings. The molecule has 0 amide bonds. The average molecular weight is 249 g/mol. The van der Waals surface area contributed by atoms with Crippen molar-refractivity contribution >= 4 is 28.3 Å². The van der Waals surface area contributed by atoms with E-state index in [1.54, 1.807) is 0 Å². The number of aryl methyl sites for hydroxylation is 2. The molecule has 0 aliphatic carbocycles. The van der Waals surface area contributed by atoms with Crippen molar-refractivity contribution in [3.8, 4) is 0 Å². The van der Waals surface area contributed by atoms with Gasteiger partial charge in [-0.3, -0.25) is 0 Å². The normalized spacial score (nSPS) is 10.8. The number of nitrogens with one attached hydrogen (secondary N) is 1. The van der Waals surface area contributed by atoms with Gasteiger partial charge in [-0.1, -0.05) is 18.5 Å². The third kappa shape index (κ3) is 2.37. The highest BCUT2D eigenvalue weighted by atomic mass is 35.5. The highest BCUT2D eigenvalue weighted by Crippen LogP contribution is 2.27. The Bertz CT molecular complexity index is 549. The number of hydrogen-bond acceptors (Lipinski definition) is 2. The van der Waals surface area contributed by atoms with E-state index >= 15 is 0 Å². The lowest BCUT2D eigenvalue weighted by Crippen LogP contribution is -2.03. The van der Waals surface area contributed by atoms with Crippen LogP contribution < -0.4 is 5.32 Å². The van der Waals surface area contributed by atoms with Gasteiger partial charge in [-0.05, 0) is 49.6 Å². The molecule has 2 aromatic rings. The molecule has 1 heterocycles. The van der Waals surface area contributed by atoms with Gasteiger partial charge in [0.2, 0.25) is 0 Å². The zero-order chi connectivity index (χ0) is 12.4. The van der Waals surface area contributed by atoms with Gasteiger partial charge in [0.1, 0.15) is 5.82 Å². The number of hydrogen-bond donors (Lipinski definition) is 1. The molecule has 1 aromatic carbocycles. The lowest BCUT2D eigenvalue weighted by atomic mass is 10.1. The van der Waals surface area contributed by atoms with Crippen LogP contribution in [-0.2, 0) is 6.42 Å². The van der Waals surface area contributed by atoms with Crippen LogP contribution in [0.5, 0.6) is 0 Å². The molecule has 0 aliphatic heterocycles. The summed E-state index contributed by atoms with van der Waals surface area (Å²) in [5, 5.41) is 5.13. The minimum Gasteiger partial charge on any atom is -0.370 e. The molecular weight excluding hydrogens is 232 g/mol. The second kappa shape index (κ2) is 4.92. The van der Waals surface area contributed by atoms with Crippen LogP contribution in [-0.4, -0.2) is 11.5 Å². The maximum absolute atomic E-state index is 6.24. The summed E-state index contributed by atoms with van der Waals surface area (Å²) >= 11 is 6.24. The molecule has 1 aromatic heterocycles. The summed E-state index contributed by atoms with van der Waals surface area (Å²) in [6.45, 7) is 7.13. The minimum atomic E-state index is 0.724. The van der Waals surface area contributed by atoms with Gasteiger partial charge >= 0.3 is 0 Å². The summed E-state index contributed by atoms with van der Waals surface area (Å²) in [6, 6.07) is 6.26. The fraction of sp³-hybridized carbons (Fsp3) is 0.357. The largest absolute Gasteiger partial charge is 0.370 e. The van der Waals surface area contributed by atoms with E-state index in [-0.39, 0.29) is 0 Å². The first-order valence-corrected chi connectivity index (χ1v) is 6.37. The Morgan fingerprint density at radius 2 is 2.00 bits per heavy atom. The van der Waals surface area contributed by atoms with Gasteiger partial charge in [0.15, 0.2) is 0 Å². The number of rotatable bonds is 3. The number of benzene rings is 1. The van der Waals surface area contributed by atoms with E-state index in [9.17, 15) is 0 Å². The molecule has 0 bridgehead atoms. The van der Waals surface area contributed by atoms with Gasteiger partial charge in [0.05, 0.1) is 10.5 Å². The van der Waals surface area contributed by atoms with E-state index in [0.717, 1.165) is 34.7 Å².